The van der Waals surface area contributed by atoms with Crippen molar-refractivity contribution in [2.24, 2.45) is 0 Å². The number of ether oxygens (including phenoxy) is 2. The van der Waals surface area contributed by atoms with Crippen LogP contribution in [0.4, 0.5) is 5.69 Å². The van der Waals surface area contributed by atoms with Crippen molar-refractivity contribution < 1.29 is 18.9 Å². The number of carbonyl (C=O) groups is 1. The molecule has 0 fully saturated rings. The average Bonchev–Trinajstić information content (AvgIpc) is 3.03. The Hall–Kier alpha value is -3.09. The molecule has 22 heavy (non-hydrogen) atoms. The van der Waals surface area contributed by atoms with E-state index in [1.807, 2.05) is 0 Å². The van der Waals surface area contributed by atoms with E-state index in [1.54, 1.807) is 36.4 Å². The van der Waals surface area contributed by atoms with Crippen LogP contribution in [0.1, 0.15) is 10.4 Å². The molecule has 0 saturated carbocycles. The molecule has 3 rings (SSSR count). The highest BCUT2D eigenvalue weighted by molar-refractivity contribution is 6.08. The largest absolute Gasteiger partial charge is 0.493 e. The second-order valence-corrected chi connectivity index (χ2v) is 4.46. The van der Waals surface area contributed by atoms with Gasteiger partial charge in [0.15, 0.2) is 17.0 Å². The molecule has 1 amide bonds. The van der Waals surface area contributed by atoms with Crippen molar-refractivity contribution in [1.29, 1.82) is 0 Å². The number of nitrogens with one attached hydrogen (secondary N) is 1. The fourth-order valence-electron chi connectivity index (χ4n) is 2.08. The van der Waals surface area contributed by atoms with Crippen LogP contribution in [-0.2, 0) is 0 Å². The number of benzene rings is 2. The molecule has 1 heterocycles. The summed E-state index contributed by atoms with van der Waals surface area (Å²) in [7, 11) is 3.05. The minimum atomic E-state index is -0.295. The Morgan fingerprint density at radius 1 is 1.09 bits per heavy atom. The molecule has 0 unspecified atom stereocenters. The SMILES string of the molecule is COc1ccc(C(=O)Nc2cccc3nonc23)cc1OC. The maximum absolute atomic E-state index is 12.4. The zero-order valence-electron chi connectivity index (χ0n) is 12.0. The minimum absolute atomic E-state index is 0.295. The smallest absolute Gasteiger partial charge is 0.255 e. The zero-order chi connectivity index (χ0) is 15.5. The van der Waals surface area contributed by atoms with Crippen LogP contribution in [0.3, 0.4) is 0 Å². The van der Waals surface area contributed by atoms with Gasteiger partial charge in [0.25, 0.3) is 5.91 Å². The monoisotopic (exact) mass is 299 g/mol. The molecule has 0 bridgehead atoms. The lowest BCUT2D eigenvalue weighted by molar-refractivity contribution is 0.102. The number of fused-ring (bicyclic) bond motifs is 1. The molecule has 0 spiro atoms. The normalized spacial score (nSPS) is 10.5. The predicted molar refractivity (Wildman–Crippen MR) is 79.3 cm³/mol. The Morgan fingerprint density at radius 2 is 1.91 bits per heavy atom. The molecule has 112 valence electrons. The van der Waals surface area contributed by atoms with Crippen LogP contribution in [0.5, 0.6) is 11.5 Å². The fourth-order valence-corrected chi connectivity index (χ4v) is 2.08. The first kappa shape index (κ1) is 13.9. The standard InChI is InChI=1S/C15H13N3O4/c1-20-12-7-6-9(8-13(12)21-2)15(19)16-10-4-3-5-11-14(10)18-22-17-11/h3-8H,1-2H3,(H,16,19). The summed E-state index contributed by atoms with van der Waals surface area (Å²) in [5.74, 6) is 0.745. The number of nitrogens with zero attached hydrogens (tertiary/aromatic N) is 2. The Kier molecular flexibility index (Phi) is 3.61. The van der Waals surface area contributed by atoms with E-state index in [4.69, 9.17) is 9.47 Å². The van der Waals surface area contributed by atoms with Crippen LogP contribution >= 0.6 is 0 Å². The second-order valence-electron chi connectivity index (χ2n) is 4.46. The van der Waals surface area contributed by atoms with Crippen molar-refractivity contribution in [2.45, 2.75) is 0 Å². The van der Waals surface area contributed by atoms with Gasteiger partial charge in [-0.2, -0.15) is 0 Å². The van der Waals surface area contributed by atoms with E-state index in [9.17, 15) is 4.79 Å². The third-order valence-electron chi connectivity index (χ3n) is 3.18. The molecule has 1 N–H and O–H groups in total. The molecular weight excluding hydrogens is 286 g/mol. The van der Waals surface area contributed by atoms with E-state index >= 15 is 0 Å². The van der Waals surface area contributed by atoms with E-state index in [2.05, 4.69) is 20.3 Å². The van der Waals surface area contributed by atoms with E-state index in [1.165, 1.54) is 14.2 Å². The number of amides is 1. The third-order valence-corrected chi connectivity index (χ3v) is 3.18. The van der Waals surface area contributed by atoms with Gasteiger partial charge in [0.1, 0.15) is 5.52 Å². The molecular formula is C15H13N3O4. The van der Waals surface area contributed by atoms with Crippen molar-refractivity contribution >= 4 is 22.6 Å². The van der Waals surface area contributed by atoms with E-state index in [-0.39, 0.29) is 5.91 Å². The number of hydrogen-bond donors (Lipinski definition) is 1. The first-order valence-corrected chi connectivity index (χ1v) is 6.47. The van der Waals surface area contributed by atoms with Crippen molar-refractivity contribution in [3.8, 4) is 11.5 Å². The van der Waals surface area contributed by atoms with E-state index < -0.39 is 0 Å². The summed E-state index contributed by atoms with van der Waals surface area (Å²) in [4.78, 5) is 12.4. The molecule has 7 heteroatoms. The molecule has 0 aliphatic rings. The van der Waals surface area contributed by atoms with Crippen LogP contribution in [0, 0.1) is 0 Å². The summed E-state index contributed by atoms with van der Waals surface area (Å²) in [6.45, 7) is 0. The fraction of sp³-hybridized carbons (Fsp3) is 0.133. The summed E-state index contributed by atoms with van der Waals surface area (Å²) in [6, 6.07) is 10.2. The van der Waals surface area contributed by atoms with Crippen molar-refractivity contribution in [1.82, 2.24) is 10.3 Å². The number of rotatable bonds is 4. The highest BCUT2D eigenvalue weighted by Gasteiger charge is 2.13. The number of aromatic nitrogens is 2. The van der Waals surface area contributed by atoms with Gasteiger partial charge >= 0.3 is 0 Å². The zero-order valence-corrected chi connectivity index (χ0v) is 12.0. The van der Waals surface area contributed by atoms with E-state index in [0.29, 0.717) is 33.8 Å². The van der Waals surface area contributed by atoms with Crippen molar-refractivity contribution in [3.05, 3.63) is 42.0 Å². The molecule has 1 aromatic heterocycles. The molecule has 0 radical (unpaired) electrons. The Morgan fingerprint density at radius 3 is 2.68 bits per heavy atom. The topological polar surface area (TPSA) is 86.5 Å². The van der Waals surface area contributed by atoms with Crippen molar-refractivity contribution in [2.75, 3.05) is 19.5 Å². The lowest BCUT2D eigenvalue weighted by Gasteiger charge is -2.10. The van der Waals surface area contributed by atoms with Crippen LogP contribution in [-0.4, -0.2) is 30.4 Å². The number of methoxy groups -OCH3 is 2. The minimum Gasteiger partial charge on any atom is -0.493 e. The van der Waals surface area contributed by atoms with Gasteiger partial charge in [-0.1, -0.05) is 6.07 Å². The highest BCUT2D eigenvalue weighted by atomic mass is 16.6. The van der Waals surface area contributed by atoms with Gasteiger partial charge in [0.2, 0.25) is 0 Å². The summed E-state index contributed by atoms with van der Waals surface area (Å²) in [5.41, 5.74) is 2.03. The van der Waals surface area contributed by atoms with Gasteiger partial charge in [0, 0.05) is 5.56 Å². The maximum Gasteiger partial charge on any atom is 0.255 e. The highest BCUT2D eigenvalue weighted by Crippen LogP contribution is 2.28. The Bertz CT molecular complexity index is 829. The first-order chi connectivity index (χ1) is 10.7. The number of anilines is 1. The first-order valence-electron chi connectivity index (χ1n) is 6.47. The Labute approximate surface area is 125 Å². The van der Waals surface area contributed by atoms with Crippen LogP contribution < -0.4 is 14.8 Å². The number of carbonyl (C=O) groups excluding carboxylic acids is 1. The van der Waals surface area contributed by atoms with Gasteiger partial charge in [0.05, 0.1) is 19.9 Å². The van der Waals surface area contributed by atoms with Gasteiger partial charge in [-0.05, 0) is 40.6 Å². The van der Waals surface area contributed by atoms with Gasteiger partial charge < -0.3 is 14.8 Å². The molecule has 7 nitrogen and oxygen atoms in total. The second kappa shape index (κ2) is 5.72. The van der Waals surface area contributed by atoms with Gasteiger partial charge in [-0.15, -0.1) is 0 Å². The van der Waals surface area contributed by atoms with Crippen LogP contribution in [0.2, 0.25) is 0 Å². The quantitative estimate of drug-likeness (QED) is 0.796. The number of hydrogen-bond acceptors (Lipinski definition) is 6. The lowest BCUT2D eigenvalue weighted by atomic mass is 10.1. The van der Waals surface area contributed by atoms with Gasteiger partial charge in [-0.3, -0.25) is 4.79 Å². The average molecular weight is 299 g/mol. The van der Waals surface area contributed by atoms with Crippen molar-refractivity contribution in [3.63, 3.8) is 0 Å². The summed E-state index contributed by atoms with van der Waals surface area (Å²) in [6.07, 6.45) is 0. The molecule has 0 aliphatic heterocycles. The summed E-state index contributed by atoms with van der Waals surface area (Å²) < 4.78 is 15.0. The molecule has 0 aliphatic carbocycles. The third kappa shape index (κ3) is 2.44. The summed E-state index contributed by atoms with van der Waals surface area (Å²) >= 11 is 0. The van der Waals surface area contributed by atoms with Crippen LogP contribution in [0.25, 0.3) is 11.0 Å². The molecule has 0 atom stereocenters. The molecule has 0 saturated heterocycles. The Balaban J connectivity index is 1.90. The van der Waals surface area contributed by atoms with Gasteiger partial charge in [-0.25, -0.2) is 4.63 Å². The molecule has 2 aromatic carbocycles. The summed E-state index contributed by atoms with van der Waals surface area (Å²) in [5, 5.41) is 10.3. The maximum atomic E-state index is 12.4. The lowest BCUT2D eigenvalue weighted by Crippen LogP contribution is -2.12. The molecule has 3 aromatic rings. The van der Waals surface area contributed by atoms with Crippen LogP contribution in [0.15, 0.2) is 41.0 Å². The van der Waals surface area contributed by atoms with E-state index in [0.717, 1.165) is 0 Å². The predicted octanol–water partition coefficient (Wildman–Crippen LogP) is 2.49.